The minimum Gasteiger partial charge on any atom is -0.465 e. The van der Waals surface area contributed by atoms with Gasteiger partial charge in [-0.1, -0.05) is 18.2 Å². The van der Waals surface area contributed by atoms with Crippen molar-refractivity contribution in [2.24, 2.45) is 0 Å². The van der Waals surface area contributed by atoms with Crippen LogP contribution in [0.25, 0.3) is 0 Å². The van der Waals surface area contributed by atoms with Crippen molar-refractivity contribution in [3.8, 4) is 0 Å². The van der Waals surface area contributed by atoms with E-state index in [0.717, 1.165) is 24.1 Å². The molecular weight excluding hydrogens is 330 g/mol. The second kappa shape index (κ2) is 6.87. The summed E-state index contributed by atoms with van der Waals surface area (Å²) in [4.78, 5) is 24.2. The first-order valence-corrected chi connectivity index (χ1v) is 7.43. The van der Waals surface area contributed by atoms with Crippen LogP contribution in [0.5, 0.6) is 0 Å². The highest BCUT2D eigenvalue weighted by atomic mass is 32.1. The Morgan fingerprint density at radius 3 is 2.57 bits per heavy atom. The van der Waals surface area contributed by atoms with E-state index in [4.69, 9.17) is 0 Å². The first kappa shape index (κ1) is 17.1. The average molecular weight is 342 g/mol. The molecule has 2 aromatic rings. The van der Waals surface area contributed by atoms with Crippen LogP contribution in [0.1, 0.15) is 15.2 Å². The quantitative estimate of drug-likeness (QED) is 0.672. The second-order valence-electron chi connectivity index (χ2n) is 4.71. The fourth-order valence-electron chi connectivity index (χ4n) is 1.93. The summed E-state index contributed by atoms with van der Waals surface area (Å²) in [6, 6.07) is 6.19. The van der Waals surface area contributed by atoms with Crippen molar-refractivity contribution >= 4 is 41.3 Å². The number of methoxy groups -OCH3 is 1. The van der Waals surface area contributed by atoms with Crippen LogP contribution in [0.4, 0.5) is 18.6 Å². The third kappa shape index (κ3) is 4.59. The van der Waals surface area contributed by atoms with Crippen molar-refractivity contribution in [3.63, 3.8) is 0 Å². The van der Waals surface area contributed by atoms with Gasteiger partial charge < -0.3 is 23.0 Å². The van der Waals surface area contributed by atoms with Crippen molar-refractivity contribution < 1.29 is 27.3 Å². The molecule has 0 saturated carbocycles. The topological polar surface area (TPSA) is 55.4 Å². The van der Waals surface area contributed by atoms with Crippen LogP contribution in [0.2, 0.25) is 0 Å². The van der Waals surface area contributed by atoms with E-state index in [9.17, 15) is 22.5 Å². The SMILES string of the molecule is COC(=O)c1cc(NC(=O)Cc2cccs2)cc([B-](F)(F)F)c1. The molecule has 122 valence electrons. The zero-order valence-electron chi connectivity index (χ0n) is 12.0. The zero-order valence-corrected chi connectivity index (χ0v) is 12.8. The molecule has 0 radical (unpaired) electrons. The summed E-state index contributed by atoms with van der Waals surface area (Å²) >= 11 is 1.37. The number of esters is 1. The van der Waals surface area contributed by atoms with Crippen LogP contribution in [0.15, 0.2) is 35.7 Å². The lowest BCUT2D eigenvalue weighted by Crippen LogP contribution is -2.35. The predicted octanol–water partition coefficient (Wildman–Crippen LogP) is 2.77. The molecule has 0 saturated heterocycles. The first-order valence-electron chi connectivity index (χ1n) is 6.55. The van der Waals surface area contributed by atoms with E-state index in [2.05, 4.69) is 10.1 Å². The standard InChI is InChI=1S/C14H12BF3NO3S/c1-22-14(21)9-5-10(15(16,17)18)7-11(6-9)19-13(20)8-12-3-2-4-23-12/h2-7H,8H2,1H3,(H,19,20)/q-1. The second-order valence-corrected chi connectivity index (χ2v) is 5.75. The predicted molar refractivity (Wildman–Crippen MR) is 83.1 cm³/mol. The summed E-state index contributed by atoms with van der Waals surface area (Å²) in [5.74, 6) is -1.37. The molecule has 0 aliphatic rings. The Kier molecular flexibility index (Phi) is 5.10. The van der Waals surface area contributed by atoms with Gasteiger partial charge in [-0.15, -0.1) is 16.8 Å². The van der Waals surface area contributed by atoms with Gasteiger partial charge in [-0.3, -0.25) is 4.79 Å². The number of benzene rings is 1. The van der Waals surface area contributed by atoms with Crippen molar-refractivity contribution in [3.05, 3.63) is 46.2 Å². The van der Waals surface area contributed by atoms with Crippen molar-refractivity contribution in [2.75, 3.05) is 12.4 Å². The monoisotopic (exact) mass is 342 g/mol. The zero-order chi connectivity index (χ0) is 17.0. The van der Waals surface area contributed by atoms with Gasteiger partial charge >= 0.3 is 12.9 Å². The summed E-state index contributed by atoms with van der Waals surface area (Å²) < 4.78 is 43.3. The smallest absolute Gasteiger partial charge is 0.465 e. The van der Waals surface area contributed by atoms with E-state index in [1.807, 2.05) is 0 Å². The van der Waals surface area contributed by atoms with E-state index < -0.39 is 24.3 Å². The number of carbonyl (C=O) groups is 2. The highest BCUT2D eigenvalue weighted by molar-refractivity contribution is 7.10. The Hall–Kier alpha value is -2.29. The summed E-state index contributed by atoms with van der Waals surface area (Å²) in [5, 5.41) is 4.18. The fraction of sp³-hybridized carbons (Fsp3) is 0.143. The summed E-state index contributed by atoms with van der Waals surface area (Å²) in [7, 11) is 1.07. The number of nitrogens with one attached hydrogen (secondary N) is 1. The molecule has 1 N–H and O–H groups in total. The normalized spacial score (nSPS) is 11.1. The van der Waals surface area contributed by atoms with E-state index >= 15 is 0 Å². The van der Waals surface area contributed by atoms with Crippen molar-refractivity contribution in [2.45, 2.75) is 6.42 Å². The summed E-state index contributed by atoms with van der Waals surface area (Å²) in [6.07, 6.45) is 0.0482. The Bertz CT molecular complexity index is 717. The first-order chi connectivity index (χ1) is 10.8. The number of hydrogen-bond acceptors (Lipinski definition) is 4. The van der Waals surface area contributed by atoms with E-state index in [-0.39, 0.29) is 17.7 Å². The van der Waals surface area contributed by atoms with Gasteiger partial charge in [-0.25, -0.2) is 4.79 Å². The lowest BCUT2D eigenvalue weighted by atomic mass is 9.79. The molecule has 0 aliphatic carbocycles. The summed E-state index contributed by atoms with van der Waals surface area (Å²) in [5.41, 5.74) is -1.33. The molecule has 2 rings (SSSR count). The molecule has 0 aliphatic heterocycles. The van der Waals surface area contributed by atoms with Crippen LogP contribution < -0.4 is 10.8 Å². The molecular formula is C14H12BF3NO3S-. The Balaban J connectivity index is 2.26. The van der Waals surface area contributed by atoms with E-state index in [1.165, 1.54) is 11.3 Å². The van der Waals surface area contributed by atoms with Gasteiger partial charge in [-0.05, 0) is 17.5 Å². The molecule has 1 aromatic heterocycles. The molecule has 23 heavy (non-hydrogen) atoms. The van der Waals surface area contributed by atoms with Gasteiger partial charge in [-0.2, -0.15) is 0 Å². The number of ether oxygens (including phenoxy) is 1. The van der Waals surface area contributed by atoms with Crippen LogP contribution in [-0.2, 0) is 16.0 Å². The molecule has 1 heterocycles. The van der Waals surface area contributed by atoms with Crippen LogP contribution in [-0.4, -0.2) is 26.0 Å². The maximum atomic E-state index is 13.0. The minimum atomic E-state index is -5.31. The number of carbonyl (C=O) groups excluding carboxylic acids is 2. The highest BCUT2D eigenvalue weighted by Crippen LogP contribution is 2.17. The third-order valence-electron chi connectivity index (χ3n) is 2.95. The Labute approximate surface area is 134 Å². The van der Waals surface area contributed by atoms with Crippen molar-refractivity contribution in [1.82, 2.24) is 0 Å². The van der Waals surface area contributed by atoms with E-state index in [1.54, 1.807) is 17.5 Å². The molecule has 1 aromatic carbocycles. The highest BCUT2D eigenvalue weighted by Gasteiger charge is 2.27. The number of rotatable bonds is 5. The van der Waals surface area contributed by atoms with Gasteiger partial charge in [0.25, 0.3) is 0 Å². The molecule has 4 nitrogen and oxygen atoms in total. The minimum absolute atomic E-state index is 0.0482. The Morgan fingerprint density at radius 2 is 2.00 bits per heavy atom. The molecule has 0 atom stereocenters. The van der Waals surface area contributed by atoms with Crippen molar-refractivity contribution in [1.29, 1.82) is 0 Å². The average Bonchev–Trinajstić information content (AvgIpc) is 2.97. The Morgan fingerprint density at radius 1 is 1.26 bits per heavy atom. The molecule has 0 fully saturated rings. The van der Waals surface area contributed by atoms with Gasteiger partial charge in [0, 0.05) is 10.6 Å². The van der Waals surface area contributed by atoms with Gasteiger partial charge in [0.2, 0.25) is 5.91 Å². The van der Waals surface area contributed by atoms with E-state index in [0.29, 0.717) is 6.07 Å². The number of thiophene rings is 1. The van der Waals surface area contributed by atoms with Crippen LogP contribution in [0, 0.1) is 0 Å². The van der Waals surface area contributed by atoms with Gasteiger partial charge in [0.05, 0.1) is 19.1 Å². The maximum Gasteiger partial charge on any atom is 0.509 e. The number of hydrogen-bond donors (Lipinski definition) is 1. The maximum absolute atomic E-state index is 13.0. The molecule has 0 bridgehead atoms. The number of halogens is 3. The largest absolute Gasteiger partial charge is 0.509 e. The fourth-order valence-corrected chi connectivity index (χ4v) is 2.63. The molecule has 0 spiro atoms. The van der Waals surface area contributed by atoms with Gasteiger partial charge in [0.1, 0.15) is 0 Å². The number of anilines is 1. The summed E-state index contributed by atoms with van der Waals surface area (Å²) in [6.45, 7) is -5.31. The molecule has 9 heteroatoms. The molecule has 0 unspecified atom stereocenters. The number of amides is 1. The lowest BCUT2D eigenvalue weighted by molar-refractivity contribution is -0.115. The third-order valence-corrected chi connectivity index (χ3v) is 3.83. The van der Waals surface area contributed by atoms with Crippen LogP contribution >= 0.6 is 11.3 Å². The lowest BCUT2D eigenvalue weighted by Gasteiger charge is -2.17. The van der Waals surface area contributed by atoms with Crippen LogP contribution in [0.3, 0.4) is 0 Å². The van der Waals surface area contributed by atoms with Gasteiger partial charge in [0.15, 0.2) is 0 Å². The molecule has 1 amide bonds.